The van der Waals surface area contributed by atoms with Crippen molar-refractivity contribution < 1.29 is 9.53 Å². The first-order valence-electron chi connectivity index (χ1n) is 9.24. The molecule has 138 valence electrons. The number of nitrogens with zero attached hydrogens (tertiary/aromatic N) is 3. The van der Waals surface area contributed by atoms with Gasteiger partial charge < -0.3 is 9.64 Å². The van der Waals surface area contributed by atoms with Gasteiger partial charge in [0.05, 0.1) is 12.6 Å². The molecule has 0 fully saturated rings. The van der Waals surface area contributed by atoms with Crippen LogP contribution in [0.1, 0.15) is 40.3 Å². The van der Waals surface area contributed by atoms with Crippen molar-refractivity contribution in [3.63, 3.8) is 0 Å². The number of carbonyl (C=O) groups excluding carboxylic acids is 1. The molecule has 1 atom stereocenters. The van der Waals surface area contributed by atoms with Crippen LogP contribution in [0.3, 0.4) is 0 Å². The van der Waals surface area contributed by atoms with Crippen LogP contribution in [0.5, 0.6) is 5.75 Å². The Labute approximate surface area is 159 Å². The average molecular weight is 361 g/mol. The van der Waals surface area contributed by atoms with Crippen LogP contribution >= 0.6 is 0 Å². The van der Waals surface area contributed by atoms with E-state index in [0.717, 1.165) is 17.0 Å². The molecule has 0 saturated carbocycles. The minimum absolute atomic E-state index is 0.0211. The van der Waals surface area contributed by atoms with E-state index < -0.39 is 0 Å². The number of benzene rings is 2. The lowest BCUT2D eigenvalue weighted by atomic mass is 10.0. The van der Waals surface area contributed by atoms with E-state index >= 15 is 0 Å². The monoisotopic (exact) mass is 361 g/mol. The van der Waals surface area contributed by atoms with Gasteiger partial charge in [-0.3, -0.25) is 9.48 Å². The molecule has 0 N–H and O–H groups in total. The van der Waals surface area contributed by atoms with Gasteiger partial charge in [0.2, 0.25) is 0 Å². The van der Waals surface area contributed by atoms with Crippen LogP contribution < -0.4 is 4.74 Å². The summed E-state index contributed by atoms with van der Waals surface area (Å²) in [5.41, 5.74) is 3.77. The predicted molar refractivity (Wildman–Crippen MR) is 104 cm³/mol. The molecule has 3 aromatic rings. The summed E-state index contributed by atoms with van der Waals surface area (Å²) in [5, 5.41) is 4.54. The van der Waals surface area contributed by atoms with Crippen LogP contribution in [0.25, 0.3) is 0 Å². The van der Waals surface area contributed by atoms with Gasteiger partial charge in [-0.1, -0.05) is 48.0 Å². The largest absolute Gasteiger partial charge is 0.487 e. The molecule has 0 radical (unpaired) electrons. The molecular weight excluding hydrogens is 338 g/mol. The topological polar surface area (TPSA) is 47.4 Å². The molecule has 1 aliphatic heterocycles. The summed E-state index contributed by atoms with van der Waals surface area (Å²) in [4.78, 5) is 14.9. The van der Waals surface area contributed by atoms with E-state index in [2.05, 4.69) is 43.2 Å². The number of amides is 1. The second kappa shape index (κ2) is 7.27. The van der Waals surface area contributed by atoms with Gasteiger partial charge in [-0.2, -0.15) is 5.10 Å². The van der Waals surface area contributed by atoms with Gasteiger partial charge in [0.25, 0.3) is 5.91 Å². The fourth-order valence-corrected chi connectivity index (χ4v) is 3.40. The van der Waals surface area contributed by atoms with Crippen molar-refractivity contribution in [1.82, 2.24) is 14.7 Å². The number of hydrogen-bond acceptors (Lipinski definition) is 3. The Balaban J connectivity index is 1.48. The van der Waals surface area contributed by atoms with Crippen molar-refractivity contribution in [2.75, 3.05) is 6.54 Å². The molecule has 0 aliphatic carbocycles. The lowest BCUT2D eigenvalue weighted by molar-refractivity contribution is 0.0624. The lowest BCUT2D eigenvalue weighted by Gasteiger charge is -2.33. The third-order valence-electron chi connectivity index (χ3n) is 5.02. The summed E-state index contributed by atoms with van der Waals surface area (Å²) >= 11 is 0. The number of para-hydroxylation sites is 1. The summed E-state index contributed by atoms with van der Waals surface area (Å²) in [7, 11) is 0. The van der Waals surface area contributed by atoms with Crippen molar-refractivity contribution in [3.05, 3.63) is 83.2 Å². The first-order chi connectivity index (χ1) is 13.1. The highest BCUT2D eigenvalue weighted by Crippen LogP contribution is 2.26. The third kappa shape index (κ3) is 3.58. The summed E-state index contributed by atoms with van der Waals surface area (Å²) in [5.74, 6) is 0.817. The Morgan fingerprint density at radius 3 is 2.56 bits per heavy atom. The van der Waals surface area contributed by atoms with Gasteiger partial charge in [0.15, 0.2) is 0 Å². The highest BCUT2D eigenvalue weighted by atomic mass is 16.5. The van der Waals surface area contributed by atoms with Crippen LogP contribution in [0, 0.1) is 6.92 Å². The molecule has 2 heterocycles. The van der Waals surface area contributed by atoms with E-state index in [4.69, 9.17) is 4.74 Å². The number of aryl methyl sites for hydroxylation is 1. The standard InChI is InChI=1S/C22H23N3O2/c1-16-8-10-18(11-9-16)17(2)24-12-13-25-21(22(24)26)14-19(23-25)15-27-20-6-4-3-5-7-20/h3-11,14,17H,12-13,15H2,1-2H3/t17-/m1/s1. The first-order valence-corrected chi connectivity index (χ1v) is 9.24. The molecule has 0 spiro atoms. The van der Waals surface area contributed by atoms with Gasteiger partial charge in [0.1, 0.15) is 23.7 Å². The summed E-state index contributed by atoms with van der Waals surface area (Å²) < 4.78 is 7.56. The average Bonchev–Trinajstić information content (AvgIpc) is 3.12. The van der Waals surface area contributed by atoms with E-state index in [0.29, 0.717) is 25.4 Å². The van der Waals surface area contributed by atoms with Crippen molar-refractivity contribution in [3.8, 4) is 5.75 Å². The number of rotatable bonds is 5. The fourth-order valence-electron chi connectivity index (χ4n) is 3.40. The smallest absolute Gasteiger partial charge is 0.272 e. The van der Waals surface area contributed by atoms with E-state index in [-0.39, 0.29) is 11.9 Å². The van der Waals surface area contributed by atoms with Crippen molar-refractivity contribution in [2.45, 2.75) is 33.0 Å². The van der Waals surface area contributed by atoms with Gasteiger partial charge in [0, 0.05) is 6.54 Å². The number of ether oxygens (including phenoxy) is 1. The van der Waals surface area contributed by atoms with Crippen LogP contribution in [0.4, 0.5) is 0 Å². The minimum atomic E-state index is 0.0211. The maximum Gasteiger partial charge on any atom is 0.272 e. The summed E-state index contributed by atoms with van der Waals surface area (Å²) in [6.45, 7) is 5.85. The Morgan fingerprint density at radius 1 is 1.07 bits per heavy atom. The molecule has 1 amide bonds. The second-order valence-electron chi connectivity index (χ2n) is 6.93. The molecule has 0 bridgehead atoms. The first kappa shape index (κ1) is 17.3. The highest BCUT2D eigenvalue weighted by molar-refractivity contribution is 5.93. The Bertz CT molecular complexity index is 932. The van der Waals surface area contributed by atoms with E-state index in [1.165, 1.54) is 5.56 Å². The molecule has 5 nitrogen and oxygen atoms in total. The molecule has 0 saturated heterocycles. The van der Waals surface area contributed by atoms with Crippen LogP contribution in [-0.2, 0) is 13.2 Å². The SMILES string of the molecule is Cc1ccc([C@@H](C)N2CCn3nc(COc4ccccc4)cc3C2=O)cc1. The molecular formula is C22H23N3O2. The molecule has 1 aliphatic rings. The molecule has 0 unspecified atom stereocenters. The van der Waals surface area contributed by atoms with Gasteiger partial charge >= 0.3 is 0 Å². The maximum absolute atomic E-state index is 13.0. The fraction of sp³-hybridized carbons (Fsp3) is 0.273. The van der Waals surface area contributed by atoms with Crippen molar-refractivity contribution in [2.24, 2.45) is 0 Å². The number of carbonyl (C=O) groups is 1. The molecule has 2 aromatic carbocycles. The van der Waals surface area contributed by atoms with Gasteiger partial charge in [-0.25, -0.2) is 0 Å². The molecule has 1 aromatic heterocycles. The van der Waals surface area contributed by atoms with Gasteiger partial charge in [-0.15, -0.1) is 0 Å². The van der Waals surface area contributed by atoms with E-state index in [9.17, 15) is 4.79 Å². The van der Waals surface area contributed by atoms with E-state index in [1.54, 1.807) is 4.68 Å². The second-order valence-corrected chi connectivity index (χ2v) is 6.93. The predicted octanol–water partition coefficient (Wildman–Crippen LogP) is 3.99. The lowest BCUT2D eigenvalue weighted by Crippen LogP contribution is -2.41. The third-order valence-corrected chi connectivity index (χ3v) is 5.02. The Morgan fingerprint density at radius 2 is 1.81 bits per heavy atom. The van der Waals surface area contributed by atoms with Crippen LogP contribution in [0.15, 0.2) is 60.7 Å². The van der Waals surface area contributed by atoms with Crippen LogP contribution in [-0.4, -0.2) is 27.1 Å². The van der Waals surface area contributed by atoms with Gasteiger partial charge in [-0.05, 0) is 37.6 Å². The Hall–Kier alpha value is -3.08. The number of hydrogen-bond donors (Lipinski definition) is 0. The quantitative estimate of drug-likeness (QED) is 0.690. The minimum Gasteiger partial charge on any atom is -0.487 e. The van der Waals surface area contributed by atoms with Crippen LogP contribution in [0.2, 0.25) is 0 Å². The molecule has 27 heavy (non-hydrogen) atoms. The van der Waals surface area contributed by atoms with E-state index in [1.807, 2.05) is 41.3 Å². The maximum atomic E-state index is 13.0. The number of aromatic nitrogens is 2. The Kier molecular flexibility index (Phi) is 4.67. The zero-order chi connectivity index (χ0) is 18.8. The summed E-state index contributed by atoms with van der Waals surface area (Å²) in [6.07, 6.45) is 0. The zero-order valence-electron chi connectivity index (χ0n) is 15.6. The number of fused-ring (bicyclic) bond motifs is 1. The molecule has 5 heteroatoms. The van der Waals surface area contributed by atoms with Crippen molar-refractivity contribution >= 4 is 5.91 Å². The summed E-state index contributed by atoms with van der Waals surface area (Å²) in [6, 6.07) is 19.9. The zero-order valence-corrected chi connectivity index (χ0v) is 15.6. The normalized spacial score (nSPS) is 14.7. The van der Waals surface area contributed by atoms with Crippen molar-refractivity contribution in [1.29, 1.82) is 0 Å². The highest BCUT2D eigenvalue weighted by Gasteiger charge is 2.30. The molecule has 4 rings (SSSR count).